The number of halogens is 1. The summed E-state index contributed by atoms with van der Waals surface area (Å²) in [6, 6.07) is 6.93. The van der Waals surface area contributed by atoms with Crippen molar-refractivity contribution in [3.63, 3.8) is 0 Å². The number of rotatable bonds is 7. The predicted molar refractivity (Wildman–Crippen MR) is 99.7 cm³/mol. The van der Waals surface area contributed by atoms with Gasteiger partial charge in [0.15, 0.2) is 0 Å². The molecule has 2 rings (SSSR count). The molecule has 1 aromatic carbocycles. The second kappa shape index (κ2) is 10.8. The smallest absolute Gasteiger partial charge is 0.251 e. The first-order valence-electron chi connectivity index (χ1n) is 8.19. The molecule has 0 aliphatic carbocycles. The molecule has 0 unspecified atom stereocenters. The van der Waals surface area contributed by atoms with E-state index >= 15 is 0 Å². The molecule has 0 radical (unpaired) electrons. The molecule has 132 valence electrons. The van der Waals surface area contributed by atoms with Gasteiger partial charge in [-0.3, -0.25) is 9.59 Å². The second-order valence-corrected chi connectivity index (χ2v) is 5.86. The number of carbonyl (C=O) groups excluding carboxylic acids is 2. The molecular formula is C18H26ClN3O2. The minimum atomic E-state index is -0.145. The Morgan fingerprint density at radius 2 is 1.88 bits per heavy atom. The van der Waals surface area contributed by atoms with Gasteiger partial charge in [0.25, 0.3) is 5.91 Å². The SMILES string of the molecule is C=CCNC(=O)c1ccc(NC(=O)CCC2CCNCC2)cc1.Cl. The maximum Gasteiger partial charge on any atom is 0.251 e. The zero-order valence-corrected chi connectivity index (χ0v) is 14.7. The summed E-state index contributed by atoms with van der Waals surface area (Å²) in [5, 5.41) is 8.94. The molecule has 5 nitrogen and oxygen atoms in total. The molecular weight excluding hydrogens is 326 g/mol. The van der Waals surface area contributed by atoms with Crippen LogP contribution in [0.25, 0.3) is 0 Å². The van der Waals surface area contributed by atoms with Crippen molar-refractivity contribution < 1.29 is 9.59 Å². The highest BCUT2D eigenvalue weighted by atomic mass is 35.5. The normalized spacial score (nSPS) is 14.3. The predicted octanol–water partition coefficient (Wildman–Crippen LogP) is 2.74. The third-order valence-corrected chi connectivity index (χ3v) is 4.08. The van der Waals surface area contributed by atoms with Gasteiger partial charge in [-0.25, -0.2) is 0 Å². The molecule has 0 atom stereocenters. The van der Waals surface area contributed by atoms with E-state index in [1.165, 1.54) is 0 Å². The number of hydrogen-bond acceptors (Lipinski definition) is 3. The fourth-order valence-corrected chi connectivity index (χ4v) is 2.70. The summed E-state index contributed by atoms with van der Waals surface area (Å²) in [5.74, 6) is 0.541. The van der Waals surface area contributed by atoms with Gasteiger partial charge in [0, 0.05) is 24.2 Å². The molecule has 2 amide bonds. The van der Waals surface area contributed by atoms with Gasteiger partial charge in [0.1, 0.15) is 0 Å². The Morgan fingerprint density at radius 3 is 2.50 bits per heavy atom. The summed E-state index contributed by atoms with van der Waals surface area (Å²) < 4.78 is 0. The lowest BCUT2D eigenvalue weighted by Crippen LogP contribution is -2.28. The Hall–Kier alpha value is -1.85. The highest BCUT2D eigenvalue weighted by molar-refractivity contribution is 5.95. The molecule has 1 aliphatic heterocycles. The van der Waals surface area contributed by atoms with Crippen LogP contribution in [0.4, 0.5) is 5.69 Å². The Balaban J connectivity index is 0.00000288. The highest BCUT2D eigenvalue weighted by Gasteiger charge is 2.14. The first-order chi connectivity index (χ1) is 11.2. The van der Waals surface area contributed by atoms with E-state index in [9.17, 15) is 9.59 Å². The summed E-state index contributed by atoms with van der Waals surface area (Å²) >= 11 is 0. The molecule has 1 saturated heterocycles. The monoisotopic (exact) mass is 351 g/mol. The minimum absolute atomic E-state index is 0. The maximum absolute atomic E-state index is 12.0. The van der Waals surface area contributed by atoms with Crippen LogP contribution in [-0.4, -0.2) is 31.4 Å². The summed E-state index contributed by atoms with van der Waals surface area (Å²) in [4.78, 5) is 23.8. The molecule has 24 heavy (non-hydrogen) atoms. The number of piperidine rings is 1. The van der Waals surface area contributed by atoms with Crippen LogP contribution in [-0.2, 0) is 4.79 Å². The summed E-state index contributed by atoms with van der Waals surface area (Å²) in [7, 11) is 0. The molecule has 1 fully saturated rings. The van der Waals surface area contributed by atoms with Gasteiger partial charge in [-0.15, -0.1) is 19.0 Å². The zero-order valence-electron chi connectivity index (χ0n) is 13.8. The van der Waals surface area contributed by atoms with Crippen LogP contribution in [0.3, 0.4) is 0 Å². The molecule has 0 spiro atoms. The standard InChI is InChI=1S/C18H25N3O2.ClH/c1-2-11-20-18(23)15-4-6-16(7-5-15)21-17(22)8-3-14-9-12-19-13-10-14;/h2,4-7,14,19H,1,3,8-13H2,(H,20,23)(H,21,22);1H. The second-order valence-electron chi connectivity index (χ2n) is 5.86. The lowest BCUT2D eigenvalue weighted by Gasteiger charge is -2.22. The molecule has 6 heteroatoms. The first kappa shape index (κ1) is 20.2. The van der Waals surface area contributed by atoms with Gasteiger partial charge in [-0.05, 0) is 62.5 Å². The van der Waals surface area contributed by atoms with Crippen LogP contribution in [0.1, 0.15) is 36.0 Å². The van der Waals surface area contributed by atoms with Crippen molar-refractivity contribution in [1.82, 2.24) is 10.6 Å². The number of hydrogen-bond donors (Lipinski definition) is 3. The molecule has 1 aromatic rings. The Labute approximate surface area is 149 Å². The number of amides is 2. The van der Waals surface area contributed by atoms with E-state index in [1.807, 2.05) is 0 Å². The van der Waals surface area contributed by atoms with Crippen molar-refractivity contribution in [3.05, 3.63) is 42.5 Å². The topological polar surface area (TPSA) is 70.2 Å². The number of nitrogens with one attached hydrogen (secondary N) is 3. The van der Waals surface area contributed by atoms with E-state index in [0.717, 1.165) is 38.0 Å². The Bertz CT molecular complexity index is 540. The van der Waals surface area contributed by atoms with Gasteiger partial charge in [0.05, 0.1) is 0 Å². The summed E-state index contributed by atoms with van der Waals surface area (Å²) in [5.41, 5.74) is 1.29. The van der Waals surface area contributed by atoms with Crippen LogP contribution >= 0.6 is 12.4 Å². The van der Waals surface area contributed by atoms with E-state index < -0.39 is 0 Å². The van der Waals surface area contributed by atoms with Gasteiger partial charge >= 0.3 is 0 Å². The van der Waals surface area contributed by atoms with E-state index in [2.05, 4.69) is 22.5 Å². The minimum Gasteiger partial charge on any atom is -0.349 e. The molecule has 1 heterocycles. The van der Waals surface area contributed by atoms with Gasteiger partial charge < -0.3 is 16.0 Å². The first-order valence-corrected chi connectivity index (χ1v) is 8.19. The van der Waals surface area contributed by atoms with E-state index in [4.69, 9.17) is 0 Å². The van der Waals surface area contributed by atoms with Gasteiger partial charge in [0.2, 0.25) is 5.91 Å². The fourth-order valence-electron chi connectivity index (χ4n) is 2.70. The van der Waals surface area contributed by atoms with Crippen molar-refractivity contribution >= 4 is 29.9 Å². The van der Waals surface area contributed by atoms with Crippen LogP contribution in [0.2, 0.25) is 0 Å². The van der Waals surface area contributed by atoms with Crippen LogP contribution in [0.15, 0.2) is 36.9 Å². The Morgan fingerprint density at radius 1 is 1.21 bits per heavy atom. The lowest BCUT2D eigenvalue weighted by molar-refractivity contribution is -0.116. The molecule has 0 aromatic heterocycles. The van der Waals surface area contributed by atoms with E-state index in [0.29, 0.717) is 24.4 Å². The molecule has 1 aliphatic rings. The summed E-state index contributed by atoms with van der Waals surface area (Å²) in [6.07, 6.45) is 5.43. The van der Waals surface area contributed by atoms with Crippen LogP contribution in [0, 0.1) is 5.92 Å². The van der Waals surface area contributed by atoms with Gasteiger partial charge in [-0.1, -0.05) is 6.08 Å². The largest absolute Gasteiger partial charge is 0.349 e. The van der Waals surface area contributed by atoms with Crippen molar-refractivity contribution in [1.29, 1.82) is 0 Å². The van der Waals surface area contributed by atoms with Crippen molar-refractivity contribution in [2.45, 2.75) is 25.7 Å². The lowest BCUT2D eigenvalue weighted by atomic mass is 9.93. The van der Waals surface area contributed by atoms with Crippen molar-refractivity contribution in [3.8, 4) is 0 Å². The molecule has 0 saturated carbocycles. The van der Waals surface area contributed by atoms with Crippen LogP contribution in [0.5, 0.6) is 0 Å². The molecule has 0 bridgehead atoms. The maximum atomic E-state index is 12.0. The zero-order chi connectivity index (χ0) is 16.5. The quantitative estimate of drug-likeness (QED) is 0.661. The fraction of sp³-hybridized carbons (Fsp3) is 0.444. The number of carbonyl (C=O) groups is 2. The third-order valence-electron chi connectivity index (χ3n) is 4.08. The van der Waals surface area contributed by atoms with Crippen LogP contribution < -0.4 is 16.0 Å². The van der Waals surface area contributed by atoms with E-state index in [1.54, 1.807) is 30.3 Å². The van der Waals surface area contributed by atoms with Crippen molar-refractivity contribution in [2.24, 2.45) is 5.92 Å². The molecule has 3 N–H and O–H groups in total. The Kier molecular flexibility index (Phi) is 9.12. The summed E-state index contributed by atoms with van der Waals surface area (Å²) in [6.45, 7) is 6.11. The average Bonchev–Trinajstić information content (AvgIpc) is 2.59. The average molecular weight is 352 g/mol. The van der Waals surface area contributed by atoms with E-state index in [-0.39, 0.29) is 24.2 Å². The number of anilines is 1. The van der Waals surface area contributed by atoms with Gasteiger partial charge in [-0.2, -0.15) is 0 Å². The highest BCUT2D eigenvalue weighted by Crippen LogP contribution is 2.18. The van der Waals surface area contributed by atoms with Crippen molar-refractivity contribution in [2.75, 3.05) is 25.0 Å². The third kappa shape index (κ3) is 6.72. The number of benzene rings is 1.